The van der Waals surface area contributed by atoms with Crippen LogP contribution in [0.4, 0.5) is 0 Å². The number of hydrogen-bond donors (Lipinski definition) is 2. The van der Waals surface area contributed by atoms with Gasteiger partial charge >= 0.3 is 0 Å². The van der Waals surface area contributed by atoms with E-state index in [9.17, 15) is 4.79 Å². The van der Waals surface area contributed by atoms with E-state index in [1.807, 2.05) is 12.1 Å². The predicted molar refractivity (Wildman–Crippen MR) is 83.8 cm³/mol. The van der Waals surface area contributed by atoms with E-state index < -0.39 is 0 Å². The molecule has 0 aliphatic rings. The molecule has 0 radical (unpaired) electrons. The number of rotatable bonds is 10. The Morgan fingerprint density at radius 3 is 2.81 bits per heavy atom. The zero-order valence-electron chi connectivity index (χ0n) is 12.6. The molecule has 0 aromatic heterocycles. The van der Waals surface area contributed by atoms with Gasteiger partial charge in [-0.3, -0.25) is 4.79 Å². The number of ether oxygens (including phenoxy) is 2. The molecule has 21 heavy (non-hydrogen) atoms. The van der Waals surface area contributed by atoms with Crippen LogP contribution in [-0.2, 0) is 16.1 Å². The van der Waals surface area contributed by atoms with Gasteiger partial charge in [0.2, 0.25) is 0 Å². The normalized spacial score (nSPS) is 10.4. The zero-order chi connectivity index (χ0) is 15.5. The minimum atomic E-state index is -0.197. The summed E-state index contributed by atoms with van der Waals surface area (Å²) in [6.07, 6.45) is 1.09. The van der Waals surface area contributed by atoms with Crippen LogP contribution < -0.4 is 15.4 Å². The molecule has 0 fully saturated rings. The fourth-order valence-electron chi connectivity index (χ4n) is 1.67. The van der Waals surface area contributed by atoms with Crippen LogP contribution in [0.1, 0.15) is 18.9 Å². The lowest BCUT2D eigenvalue weighted by Gasteiger charge is -2.10. The van der Waals surface area contributed by atoms with Gasteiger partial charge in [-0.25, -0.2) is 0 Å². The summed E-state index contributed by atoms with van der Waals surface area (Å²) in [7, 11) is 1.58. The highest BCUT2D eigenvalue weighted by molar-refractivity contribution is 6.32. The molecule has 2 N–H and O–H groups in total. The molecular formula is C15H23ClN2O3. The van der Waals surface area contributed by atoms with E-state index in [1.165, 1.54) is 0 Å². The second-order valence-electron chi connectivity index (χ2n) is 4.57. The number of halogens is 1. The average Bonchev–Trinajstić information content (AvgIpc) is 2.47. The molecule has 5 nitrogen and oxygen atoms in total. The van der Waals surface area contributed by atoms with Gasteiger partial charge in [-0.2, -0.15) is 0 Å². The van der Waals surface area contributed by atoms with Crippen molar-refractivity contribution in [3.05, 3.63) is 28.8 Å². The van der Waals surface area contributed by atoms with Crippen molar-refractivity contribution in [2.75, 3.05) is 33.4 Å². The zero-order valence-corrected chi connectivity index (χ0v) is 13.3. The number of carbonyl (C=O) groups excluding carboxylic acids is 1. The van der Waals surface area contributed by atoms with Gasteiger partial charge in [0.05, 0.1) is 11.6 Å². The Balaban J connectivity index is 2.39. The largest absolute Gasteiger partial charge is 0.482 e. The summed E-state index contributed by atoms with van der Waals surface area (Å²) >= 11 is 6.15. The van der Waals surface area contributed by atoms with E-state index in [0.29, 0.717) is 23.9 Å². The molecule has 0 saturated carbocycles. The summed E-state index contributed by atoms with van der Waals surface area (Å²) < 4.78 is 10.2. The third-order valence-corrected chi connectivity index (χ3v) is 3.03. The van der Waals surface area contributed by atoms with Crippen molar-refractivity contribution in [3.63, 3.8) is 0 Å². The monoisotopic (exact) mass is 314 g/mol. The smallest absolute Gasteiger partial charge is 0.258 e. The van der Waals surface area contributed by atoms with Gasteiger partial charge in [0.15, 0.2) is 6.61 Å². The van der Waals surface area contributed by atoms with Gasteiger partial charge in [0.25, 0.3) is 5.91 Å². The Bertz CT molecular complexity index is 441. The van der Waals surface area contributed by atoms with Gasteiger partial charge in [-0.15, -0.1) is 0 Å². The molecule has 0 atom stereocenters. The van der Waals surface area contributed by atoms with Gasteiger partial charge in [-0.05, 0) is 30.7 Å². The highest BCUT2D eigenvalue weighted by atomic mass is 35.5. The molecule has 0 spiro atoms. The number of benzene rings is 1. The molecule has 0 aliphatic heterocycles. The van der Waals surface area contributed by atoms with Gasteiger partial charge in [0, 0.05) is 20.2 Å². The third kappa shape index (κ3) is 7.32. The summed E-state index contributed by atoms with van der Waals surface area (Å²) in [5.41, 5.74) is 1.09. The first kappa shape index (κ1) is 17.8. The summed E-state index contributed by atoms with van der Waals surface area (Å²) in [6.45, 7) is 4.74. The van der Waals surface area contributed by atoms with Crippen molar-refractivity contribution in [1.82, 2.24) is 10.6 Å². The Hall–Kier alpha value is -1.30. The molecule has 6 heteroatoms. The predicted octanol–water partition coefficient (Wildman–Crippen LogP) is 1.98. The molecule has 0 bridgehead atoms. The number of methoxy groups -OCH3 is 1. The Morgan fingerprint density at radius 2 is 2.14 bits per heavy atom. The van der Waals surface area contributed by atoms with Crippen molar-refractivity contribution in [2.24, 2.45) is 0 Å². The standard InChI is InChI=1S/C15H23ClN2O3/c1-3-6-17-10-12-4-5-14(13(16)9-12)21-11-15(19)18-7-8-20-2/h4-5,9,17H,3,6-8,10-11H2,1-2H3,(H,18,19). The highest BCUT2D eigenvalue weighted by Crippen LogP contribution is 2.25. The summed E-state index contributed by atoms with van der Waals surface area (Å²) in [4.78, 5) is 11.5. The second kappa shape index (κ2) is 10.4. The molecular weight excluding hydrogens is 292 g/mol. The van der Waals surface area contributed by atoms with Crippen LogP contribution in [0, 0.1) is 0 Å². The number of nitrogens with one attached hydrogen (secondary N) is 2. The quantitative estimate of drug-likeness (QED) is 0.648. The van der Waals surface area contributed by atoms with Crippen LogP contribution in [0.3, 0.4) is 0 Å². The molecule has 118 valence electrons. The van der Waals surface area contributed by atoms with Crippen molar-refractivity contribution in [2.45, 2.75) is 19.9 Å². The lowest BCUT2D eigenvalue weighted by Crippen LogP contribution is -2.31. The molecule has 1 amide bonds. The lowest BCUT2D eigenvalue weighted by atomic mass is 10.2. The van der Waals surface area contributed by atoms with Crippen molar-refractivity contribution >= 4 is 17.5 Å². The first-order valence-electron chi connectivity index (χ1n) is 7.05. The minimum Gasteiger partial charge on any atom is -0.482 e. The van der Waals surface area contributed by atoms with E-state index in [-0.39, 0.29) is 12.5 Å². The number of amides is 1. The first-order chi connectivity index (χ1) is 10.2. The maximum absolute atomic E-state index is 11.5. The van der Waals surface area contributed by atoms with Crippen LogP contribution in [0.25, 0.3) is 0 Å². The van der Waals surface area contributed by atoms with Crippen LogP contribution in [0.5, 0.6) is 5.75 Å². The van der Waals surface area contributed by atoms with Crippen LogP contribution >= 0.6 is 11.6 Å². The Labute approximate surface area is 131 Å². The molecule has 0 aliphatic carbocycles. The number of hydrogen-bond acceptors (Lipinski definition) is 4. The minimum absolute atomic E-state index is 0.0587. The molecule has 1 aromatic carbocycles. The van der Waals surface area contributed by atoms with Crippen LogP contribution in [0.2, 0.25) is 5.02 Å². The maximum Gasteiger partial charge on any atom is 0.258 e. The maximum atomic E-state index is 11.5. The molecule has 1 rings (SSSR count). The van der Waals surface area contributed by atoms with E-state index in [0.717, 1.165) is 25.1 Å². The van der Waals surface area contributed by atoms with E-state index in [2.05, 4.69) is 17.6 Å². The average molecular weight is 315 g/mol. The van der Waals surface area contributed by atoms with Crippen LogP contribution in [0.15, 0.2) is 18.2 Å². The SMILES string of the molecule is CCCNCc1ccc(OCC(=O)NCCOC)c(Cl)c1. The molecule has 0 heterocycles. The first-order valence-corrected chi connectivity index (χ1v) is 7.42. The fraction of sp³-hybridized carbons (Fsp3) is 0.533. The molecule has 0 saturated heterocycles. The molecule has 0 unspecified atom stereocenters. The van der Waals surface area contributed by atoms with Crippen molar-refractivity contribution in [3.8, 4) is 5.75 Å². The third-order valence-electron chi connectivity index (χ3n) is 2.74. The number of carbonyl (C=O) groups is 1. The summed E-state index contributed by atoms with van der Waals surface area (Å²) in [5, 5.41) is 6.49. The van der Waals surface area contributed by atoms with Crippen LogP contribution in [-0.4, -0.2) is 39.3 Å². The van der Waals surface area contributed by atoms with Crippen molar-refractivity contribution < 1.29 is 14.3 Å². The summed E-state index contributed by atoms with van der Waals surface area (Å²) in [5.74, 6) is 0.314. The Kier molecular flexibility index (Phi) is 8.82. The van der Waals surface area contributed by atoms with Gasteiger partial charge < -0.3 is 20.1 Å². The highest BCUT2D eigenvalue weighted by Gasteiger charge is 2.06. The second-order valence-corrected chi connectivity index (χ2v) is 4.98. The van der Waals surface area contributed by atoms with Gasteiger partial charge in [-0.1, -0.05) is 24.6 Å². The van der Waals surface area contributed by atoms with Crippen molar-refractivity contribution in [1.29, 1.82) is 0 Å². The summed E-state index contributed by atoms with van der Waals surface area (Å²) in [6, 6.07) is 5.57. The Morgan fingerprint density at radius 1 is 1.33 bits per heavy atom. The molecule has 1 aromatic rings. The lowest BCUT2D eigenvalue weighted by molar-refractivity contribution is -0.123. The topological polar surface area (TPSA) is 59.6 Å². The fourth-order valence-corrected chi connectivity index (χ4v) is 1.93. The van der Waals surface area contributed by atoms with Gasteiger partial charge in [0.1, 0.15) is 5.75 Å². The van der Waals surface area contributed by atoms with E-state index >= 15 is 0 Å². The van der Waals surface area contributed by atoms with E-state index in [4.69, 9.17) is 21.1 Å². The van der Waals surface area contributed by atoms with E-state index in [1.54, 1.807) is 13.2 Å².